The maximum atomic E-state index is 5.64. The lowest BCUT2D eigenvalue weighted by molar-refractivity contribution is 0.289. The first-order valence-corrected chi connectivity index (χ1v) is 5.79. The van der Waals surface area contributed by atoms with Crippen LogP contribution in [0.25, 0.3) is 0 Å². The van der Waals surface area contributed by atoms with E-state index in [4.69, 9.17) is 4.74 Å². The summed E-state index contributed by atoms with van der Waals surface area (Å²) in [7, 11) is 0. The average molecular weight is 314 g/mol. The van der Waals surface area contributed by atoms with Crippen LogP contribution in [0.15, 0.2) is 42.7 Å². The highest BCUT2D eigenvalue weighted by Crippen LogP contribution is 2.19. The average Bonchev–Trinajstić information content (AvgIpc) is 2.74. The zero-order valence-electron chi connectivity index (χ0n) is 8.14. The van der Waals surface area contributed by atoms with Crippen LogP contribution in [0, 0.1) is 3.57 Å². The Balaban J connectivity index is 1.86. The predicted octanol–water partition coefficient (Wildman–Crippen LogP) is 2.57. The fraction of sp³-hybridized carbons (Fsp3) is 0.182. The van der Waals surface area contributed by atoms with E-state index < -0.39 is 0 Å². The summed E-state index contributed by atoms with van der Waals surface area (Å²) in [6.45, 7) is 1.42. The van der Waals surface area contributed by atoms with Gasteiger partial charge in [-0.15, -0.1) is 0 Å². The van der Waals surface area contributed by atoms with Gasteiger partial charge in [-0.05, 0) is 40.8 Å². The first kappa shape index (κ1) is 10.5. The Labute approximate surface area is 102 Å². The van der Waals surface area contributed by atoms with Gasteiger partial charge in [0.25, 0.3) is 0 Å². The van der Waals surface area contributed by atoms with Crippen LogP contribution < -0.4 is 4.74 Å². The van der Waals surface area contributed by atoms with Crippen LogP contribution in [-0.4, -0.2) is 16.4 Å². The molecule has 0 bridgehead atoms. The highest BCUT2D eigenvalue weighted by molar-refractivity contribution is 14.1. The number of para-hydroxylation sites is 1. The molecule has 0 atom stereocenters. The minimum absolute atomic E-state index is 0.641. The van der Waals surface area contributed by atoms with E-state index in [-0.39, 0.29) is 0 Å². The molecule has 1 aromatic carbocycles. The third kappa shape index (κ3) is 2.95. The first-order valence-electron chi connectivity index (χ1n) is 4.71. The lowest BCUT2D eigenvalue weighted by Gasteiger charge is -2.07. The molecule has 1 heterocycles. The predicted molar refractivity (Wildman–Crippen MR) is 66.9 cm³/mol. The molecule has 0 radical (unpaired) electrons. The third-order valence-corrected chi connectivity index (χ3v) is 2.86. The molecular weight excluding hydrogens is 303 g/mol. The van der Waals surface area contributed by atoms with Gasteiger partial charge < -0.3 is 4.74 Å². The van der Waals surface area contributed by atoms with Gasteiger partial charge in [0.2, 0.25) is 0 Å². The molecular formula is C11H11IN2O. The van der Waals surface area contributed by atoms with Crippen molar-refractivity contribution >= 4 is 22.6 Å². The molecule has 0 unspecified atom stereocenters. The van der Waals surface area contributed by atoms with E-state index in [1.165, 1.54) is 0 Å². The van der Waals surface area contributed by atoms with E-state index in [0.717, 1.165) is 15.9 Å². The summed E-state index contributed by atoms with van der Waals surface area (Å²) >= 11 is 2.27. The molecule has 2 aromatic rings. The highest BCUT2D eigenvalue weighted by Gasteiger charge is 1.98. The van der Waals surface area contributed by atoms with Crippen LogP contribution in [0.5, 0.6) is 5.75 Å². The Morgan fingerprint density at radius 3 is 2.87 bits per heavy atom. The third-order valence-electron chi connectivity index (χ3n) is 1.97. The summed E-state index contributed by atoms with van der Waals surface area (Å²) in [4.78, 5) is 0. The summed E-state index contributed by atoms with van der Waals surface area (Å²) in [5.74, 6) is 0.935. The van der Waals surface area contributed by atoms with Crippen LogP contribution in [0.4, 0.5) is 0 Å². The Morgan fingerprint density at radius 1 is 1.27 bits per heavy atom. The summed E-state index contributed by atoms with van der Waals surface area (Å²) in [5.41, 5.74) is 0. The van der Waals surface area contributed by atoms with Crippen molar-refractivity contribution in [2.45, 2.75) is 6.54 Å². The van der Waals surface area contributed by atoms with Gasteiger partial charge in [-0.1, -0.05) is 12.1 Å². The Bertz CT molecular complexity index is 414. The Hall–Kier alpha value is -1.04. The number of rotatable bonds is 4. The van der Waals surface area contributed by atoms with Gasteiger partial charge in [0, 0.05) is 12.4 Å². The molecule has 0 aliphatic heterocycles. The maximum Gasteiger partial charge on any atom is 0.132 e. The van der Waals surface area contributed by atoms with Crippen molar-refractivity contribution in [1.82, 2.24) is 9.78 Å². The molecule has 1 aromatic heterocycles. The maximum absolute atomic E-state index is 5.64. The molecule has 15 heavy (non-hydrogen) atoms. The molecule has 0 fully saturated rings. The molecule has 0 aliphatic carbocycles. The van der Waals surface area contributed by atoms with Crippen LogP contribution in [0.2, 0.25) is 0 Å². The van der Waals surface area contributed by atoms with Gasteiger partial charge in [0.05, 0.1) is 10.1 Å². The Morgan fingerprint density at radius 2 is 2.13 bits per heavy atom. The fourth-order valence-corrected chi connectivity index (χ4v) is 1.79. The van der Waals surface area contributed by atoms with Crippen molar-refractivity contribution in [3.63, 3.8) is 0 Å². The van der Waals surface area contributed by atoms with E-state index in [1.54, 1.807) is 6.20 Å². The second kappa shape index (κ2) is 5.16. The number of ether oxygens (including phenoxy) is 1. The van der Waals surface area contributed by atoms with Crippen LogP contribution in [0.1, 0.15) is 0 Å². The number of hydrogen-bond donors (Lipinski definition) is 0. The lowest BCUT2D eigenvalue weighted by atomic mass is 10.3. The quantitative estimate of drug-likeness (QED) is 0.811. The molecule has 4 heteroatoms. The molecule has 3 nitrogen and oxygen atoms in total. The molecule has 0 saturated heterocycles. The number of benzene rings is 1. The number of halogens is 1. The van der Waals surface area contributed by atoms with Crippen molar-refractivity contribution in [3.8, 4) is 5.75 Å². The number of nitrogens with zero attached hydrogens (tertiary/aromatic N) is 2. The second-order valence-electron chi connectivity index (χ2n) is 3.05. The van der Waals surface area contributed by atoms with E-state index in [2.05, 4.69) is 27.7 Å². The minimum atomic E-state index is 0.641. The van der Waals surface area contributed by atoms with Gasteiger partial charge in [-0.3, -0.25) is 4.68 Å². The molecule has 0 spiro atoms. The van der Waals surface area contributed by atoms with Crippen LogP contribution in [-0.2, 0) is 6.54 Å². The second-order valence-corrected chi connectivity index (χ2v) is 4.21. The lowest BCUT2D eigenvalue weighted by Crippen LogP contribution is -2.08. The van der Waals surface area contributed by atoms with Crippen LogP contribution in [0.3, 0.4) is 0 Å². The van der Waals surface area contributed by atoms with Crippen LogP contribution >= 0.6 is 22.6 Å². The molecule has 0 aliphatic rings. The smallest absolute Gasteiger partial charge is 0.132 e. The molecule has 0 saturated carbocycles. The van der Waals surface area contributed by atoms with Crippen molar-refractivity contribution in [2.75, 3.05) is 6.61 Å². The van der Waals surface area contributed by atoms with Gasteiger partial charge in [0.15, 0.2) is 0 Å². The molecule has 78 valence electrons. The van der Waals surface area contributed by atoms with Gasteiger partial charge in [0.1, 0.15) is 12.4 Å². The monoisotopic (exact) mass is 314 g/mol. The molecule has 0 amide bonds. The van der Waals surface area contributed by atoms with E-state index in [0.29, 0.717) is 6.61 Å². The summed E-state index contributed by atoms with van der Waals surface area (Å²) in [5, 5.41) is 4.10. The zero-order chi connectivity index (χ0) is 10.5. The largest absolute Gasteiger partial charge is 0.491 e. The van der Waals surface area contributed by atoms with Gasteiger partial charge >= 0.3 is 0 Å². The molecule has 0 N–H and O–H groups in total. The van der Waals surface area contributed by atoms with Gasteiger partial charge in [-0.2, -0.15) is 5.10 Å². The normalized spacial score (nSPS) is 10.2. The van der Waals surface area contributed by atoms with E-state index >= 15 is 0 Å². The summed E-state index contributed by atoms with van der Waals surface area (Å²) in [6.07, 6.45) is 3.70. The van der Waals surface area contributed by atoms with Crippen molar-refractivity contribution < 1.29 is 4.74 Å². The summed E-state index contributed by atoms with van der Waals surface area (Å²) < 4.78 is 8.63. The van der Waals surface area contributed by atoms with E-state index in [1.807, 2.05) is 41.2 Å². The zero-order valence-corrected chi connectivity index (χ0v) is 10.3. The molecule has 2 rings (SSSR count). The first-order chi connectivity index (χ1) is 7.36. The Kier molecular flexibility index (Phi) is 3.60. The topological polar surface area (TPSA) is 27.1 Å². The summed E-state index contributed by atoms with van der Waals surface area (Å²) in [6, 6.07) is 9.90. The number of hydrogen-bond acceptors (Lipinski definition) is 2. The van der Waals surface area contributed by atoms with Crippen molar-refractivity contribution in [3.05, 3.63) is 46.3 Å². The van der Waals surface area contributed by atoms with Crippen molar-refractivity contribution in [1.29, 1.82) is 0 Å². The highest BCUT2D eigenvalue weighted by atomic mass is 127. The SMILES string of the molecule is Ic1ccccc1OCCn1cccn1. The van der Waals surface area contributed by atoms with Gasteiger partial charge in [-0.25, -0.2) is 0 Å². The van der Waals surface area contributed by atoms with E-state index in [9.17, 15) is 0 Å². The number of aromatic nitrogens is 2. The fourth-order valence-electron chi connectivity index (χ4n) is 1.24. The standard InChI is InChI=1S/C11H11IN2O/c12-10-4-1-2-5-11(10)15-9-8-14-7-3-6-13-14/h1-7H,8-9H2. The minimum Gasteiger partial charge on any atom is -0.491 e. The van der Waals surface area contributed by atoms with Crippen molar-refractivity contribution in [2.24, 2.45) is 0 Å².